The summed E-state index contributed by atoms with van der Waals surface area (Å²) in [6.45, 7) is 1.31. The van der Waals surface area contributed by atoms with Crippen molar-refractivity contribution in [1.29, 1.82) is 0 Å². The third kappa shape index (κ3) is 7.15. The molecule has 0 radical (unpaired) electrons. The lowest BCUT2D eigenvalue weighted by atomic mass is 9.65. The number of amides is 2. The Balaban J connectivity index is 1.25. The standard InChI is InChI=1S/C49H44N6O9/c1-62-44(58)35(45(59)63-2)16-9-11-30-17-22-37-36(29-30)49(47(61)52-37)38(43(57)53-25-27-54(28-26-53)48-50-23-10-24-51-48)40-46(60)64-41(32-14-7-4-8-15-32)39(31-12-5-3-6-13-31)55(40)42(49)33-18-20-34(56)21-19-33/h3-8,10,12-15,17-24,29,35,38-42,56H,16,25-28H2,1-2H3,(H,52,61). The van der Waals surface area contributed by atoms with Gasteiger partial charge in [-0.2, -0.15) is 0 Å². The van der Waals surface area contributed by atoms with Crippen LogP contribution in [-0.4, -0.2) is 101 Å². The molecule has 3 fully saturated rings. The molecule has 0 saturated carbocycles. The molecule has 6 unspecified atom stereocenters. The number of ether oxygens (including phenoxy) is 3. The van der Waals surface area contributed by atoms with Crippen molar-refractivity contribution in [2.75, 3.05) is 50.6 Å². The molecule has 1 aromatic heterocycles. The summed E-state index contributed by atoms with van der Waals surface area (Å²) in [7, 11) is 2.34. The van der Waals surface area contributed by atoms with E-state index in [1.54, 1.807) is 53.7 Å². The van der Waals surface area contributed by atoms with Gasteiger partial charge in [0.05, 0.1) is 32.2 Å². The number of hydrogen-bond acceptors (Lipinski definition) is 13. The van der Waals surface area contributed by atoms with E-state index >= 15 is 14.4 Å². The van der Waals surface area contributed by atoms with Gasteiger partial charge in [0, 0.05) is 56.2 Å². The van der Waals surface area contributed by atoms with E-state index in [4.69, 9.17) is 14.2 Å². The first kappa shape index (κ1) is 41.8. The molecular formula is C49H44N6O9. The molecule has 0 aliphatic carbocycles. The minimum atomic E-state index is -1.79. The van der Waals surface area contributed by atoms with Gasteiger partial charge < -0.3 is 34.4 Å². The maximum Gasteiger partial charge on any atom is 0.324 e. The summed E-state index contributed by atoms with van der Waals surface area (Å²) in [6, 6.07) is 29.4. The summed E-state index contributed by atoms with van der Waals surface area (Å²) in [5, 5.41) is 13.7. The fourth-order valence-corrected chi connectivity index (χ4v) is 9.89. The Hall–Kier alpha value is -7.57. The number of benzene rings is 4. The topological polar surface area (TPSA) is 181 Å². The van der Waals surface area contributed by atoms with Crippen molar-refractivity contribution in [2.45, 2.75) is 36.1 Å². The molecule has 15 nitrogen and oxygen atoms in total. The predicted octanol–water partition coefficient (Wildman–Crippen LogP) is 4.51. The van der Waals surface area contributed by atoms with E-state index in [2.05, 4.69) is 27.1 Å². The number of carbonyl (C=O) groups is 5. The number of carbonyl (C=O) groups excluding carboxylic acids is 5. The van der Waals surface area contributed by atoms with E-state index in [0.717, 1.165) is 11.1 Å². The number of fused-ring (bicyclic) bond motifs is 3. The molecule has 324 valence electrons. The molecule has 2 N–H and O–H groups in total. The molecule has 6 atom stereocenters. The minimum absolute atomic E-state index is 0.00823. The second-order valence-electron chi connectivity index (χ2n) is 16.0. The number of nitrogens with one attached hydrogen (secondary N) is 1. The van der Waals surface area contributed by atoms with Crippen molar-refractivity contribution < 1.29 is 43.3 Å². The van der Waals surface area contributed by atoms with Crippen LogP contribution in [0.2, 0.25) is 0 Å². The number of phenolic OH excluding ortho intramolecular Hbond substituents is 1. The third-order valence-corrected chi connectivity index (χ3v) is 12.7. The fourth-order valence-electron chi connectivity index (χ4n) is 9.89. The second-order valence-corrected chi connectivity index (χ2v) is 16.0. The van der Waals surface area contributed by atoms with Crippen molar-refractivity contribution in [3.63, 3.8) is 0 Å². The van der Waals surface area contributed by atoms with Crippen LogP contribution in [0.5, 0.6) is 5.75 Å². The summed E-state index contributed by atoms with van der Waals surface area (Å²) in [4.78, 5) is 86.0. The molecule has 9 rings (SSSR count). The number of morpholine rings is 1. The minimum Gasteiger partial charge on any atom is -0.508 e. The van der Waals surface area contributed by atoms with E-state index < -0.39 is 71.2 Å². The maximum absolute atomic E-state index is 15.8. The normalized spacial score (nSPS) is 23.6. The summed E-state index contributed by atoms with van der Waals surface area (Å²) in [5.41, 5.74) is 1.58. The van der Waals surface area contributed by atoms with E-state index in [1.807, 2.05) is 70.5 Å². The predicted molar refractivity (Wildman–Crippen MR) is 231 cm³/mol. The monoisotopic (exact) mass is 860 g/mol. The zero-order chi connectivity index (χ0) is 44.5. The fraction of sp³-hybridized carbons (Fsp3) is 0.286. The molecule has 5 heterocycles. The largest absolute Gasteiger partial charge is 0.508 e. The number of hydrogen-bond donors (Lipinski definition) is 2. The highest BCUT2D eigenvalue weighted by molar-refractivity contribution is 6.12. The van der Waals surface area contributed by atoms with Gasteiger partial charge in [-0.3, -0.25) is 28.9 Å². The number of cyclic esters (lactones) is 1. The van der Waals surface area contributed by atoms with Crippen LogP contribution in [0.15, 0.2) is 122 Å². The van der Waals surface area contributed by atoms with Gasteiger partial charge in [0.15, 0.2) is 5.92 Å². The zero-order valence-corrected chi connectivity index (χ0v) is 35.0. The number of aromatic hydroxyl groups is 1. The molecule has 4 aliphatic rings. The van der Waals surface area contributed by atoms with Gasteiger partial charge in [0.1, 0.15) is 23.3 Å². The summed E-state index contributed by atoms with van der Waals surface area (Å²) in [5.74, 6) is 0.701. The van der Waals surface area contributed by atoms with Crippen LogP contribution in [0.1, 0.15) is 52.4 Å². The number of aromatic nitrogens is 2. The first-order valence-corrected chi connectivity index (χ1v) is 20.9. The van der Waals surface area contributed by atoms with Crippen LogP contribution >= 0.6 is 0 Å². The molecule has 1 spiro atoms. The highest BCUT2D eigenvalue weighted by Crippen LogP contribution is 2.65. The Morgan fingerprint density at radius 1 is 0.812 bits per heavy atom. The third-order valence-electron chi connectivity index (χ3n) is 12.7. The first-order valence-electron chi connectivity index (χ1n) is 20.9. The Bertz CT molecular complexity index is 2630. The van der Waals surface area contributed by atoms with E-state index in [-0.39, 0.29) is 25.3 Å². The molecule has 0 bridgehead atoms. The highest BCUT2D eigenvalue weighted by Gasteiger charge is 2.74. The Morgan fingerprint density at radius 2 is 1.45 bits per heavy atom. The van der Waals surface area contributed by atoms with E-state index in [0.29, 0.717) is 41.4 Å². The number of anilines is 2. The zero-order valence-electron chi connectivity index (χ0n) is 35.0. The molecule has 64 heavy (non-hydrogen) atoms. The van der Waals surface area contributed by atoms with Crippen molar-refractivity contribution in [3.8, 4) is 17.6 Å². The highest BCUT2D eigenvalue weighted by atomic mass is 16.6. The average molecular weight is 861 g/mol. The number of nitrogens with zero attached hydrogens (tertiary/aromatic N) is 5. The van der Waals surface area contributed by atoms with Gasteiger partial charge >= 0.3 is 17.9 Å². The van der Waals surface area contributed by atoms with Gasteiger partial charge in [-0.25, -0.2) is 9.97 Å². The molecule has 4 aliphatic heterocycles. The molecule has 2 amide bonds. The molecular weight excluding hydrogens is 817 g/mol. The first-order chi connectivity index (χ1) is 31.1. The molecule has 5 aromatic rings. The second kappa shape index (κ2) is 17.3. The lowest BCUT2D eigenvalue weighted by molar-refractivity contribution is -0.179. The van der Waals surface area contributed by atoms with Gasteiger partial charge in [0.25, 0.3) is 0 Å². The quantitative estimate of drug-likeness (QED) is 0.0965. The Labute approximate surface area is 369 Å². The SMILES string of the molecule is COC(=O)C(CC#Cc1ccc2c(c1)C1(C(=O)N2)C(C(=O)N2CCN(c3ncccn3)CC2)C2C(=O)OC(c3ccccc3)C(c3ccccc3)N2C1c1ccc(O)cc1)C(=O)OC. The lowest BCUT2D eigenvalue weighted by Gasteiger charge is -2.46. The van der Waals surface area contributed by atoms with Gasteiger partial charge in [-0.15, -0.1) is 0 Å². The summed E-state index contributed by atoms with van der Waals surface area (Å²) >= 11 is 0. The van der Waals surface area contributed by atoms with Crippen LogP contribution in [0.4, 0.5) is 11.6 Å². The van der Waals surface area contributed by atoms with Crippen molar-refractivity contribution in [1.82, 2.24) is 19.8 Å². The van der Waals surface area contributed by atoms with Gasteiger partial charge in [-0.05, 0) is 58.7 Å². The number of rotatable bonds is 8. The number of phenols is 1. The Kier molecular flexibility index (Phi) is 11.3. The van der Waals surface area contributed by atoms with Crippen molar-refractivity contribution >= 4 is 41.4 Å². The smallest absolute Gasteiger partial charge is 0.324 e. The van der Waals surface area contributed by atoms with E-state index in [9.17, 15) is 14.7 Å². The van der Waals surface area contributed by atoms with Crippen LogP contribution in [0.25, 0.3) is 0 Å². The Morgan fingerprint density at radius 3 is 2.09 bits per heavy atom. The molecule has 15 heteroatoms. The van der Waals surface area contributed by atoms with Crippen LogP contribution < -0.4 is 10.2 Å². The molecule has 3 saturated heterocycles. The van der Waals surface area contributed by atoms with Crippen LogP contribution in [0, 0.1) is 23.7 Å². The van der Waals surface area contributed by atoms with Crippen LogP contribution in [-0.2, 0) is 43.6 Å². The lowest BCUT2D eigenvalue weighted by Crippen LogP contribution is -2.58. The van der Waals surface area contributed by atoms with Crippen molar-refractivity contribution in [2.24, 2.45) is 11.8 Å². The number of methoxy groups -OCH3 is 2. The number of esters is 3. The van der Waals surface area contributed by atoms with Crippen molar-refractivity contribution in [3.05, 3.63) is 149 Å². The number of piperazine rings is 1. The van der Waals surface area contributed by atoms with Gasteiger partial charge in [0.2, 0.25) is 17.8 Å². The average Bonchev–Trinajstić information content (AvgIpc) is 3.81. The van der Waals surface area contributed by atoms with Gasteiger partial charge in [-0.1, -0.05) is 84.6 Å². The summed E-state index contributed by atoms with van der Waals surface area (Å²) in [6.07, 6.45) is 2.25. The summed E-state index contributed by atoms with van der Waals surface area (Å²) < 4.78 is 16.2. The van der Waals surface area contributed by atoms with Crippen LogP contribution in [0.3, 0.4) is 0 Å². The maximum atomic E-state index is 15.8. The van der Waals surface area contributed by atoms with E-state index in [1.165, 1.54) is 26.4 Å². The molecule has 4 aromatic carbocycles.